The smallest absolute Gasteiger partial charge is 0.258 e. The summed E-state index contributed by atoms with van der Waals surface area (Å²) in [5.41, 5.74) is 10.1. The van der Waals surface area contributed by atoms with E-state index in [0.717, 1.165) is 18.6 Å². The summed E-state index contributed by atoms with van der Waals surface area (Å²) in [6, 6.07) is 14.6. The van der Waals surface area contributed by atoms with E-state index in [-0.39, 0.29) is 11.7 Å². The van der Waals surface area contributed by atoms with Gasteiger partial charge >= 0.3 is 0 Å². The van der Waals surface area contributed by atoms with Gasteiger partial charge in [-0.3, -0.25) is 4.79 Å². The van der Waals surface area contributed by atoms with E-state index in [1.807, 2.05) is 0 Å². The molecule has 160 valence electrons. The Hall–Kier alpha value is -3.65. The van der Waals surface area contributed by atoms with Crippen LogP contribution in [0.2, 0.25) is 0 Å². The van der Waals surface area contributed by atoms with Crippen LogP contribution in [0.5, 0.6) is 5.75 Å². The number of ether oxygens (including phenoxy) is 1. The van der Waals surface area contributed by atoms with E-state index in [4.69, 9.17) is 16.3 Å². The summed E-state index contributed by atoms with van der Waals surface area (Å²) in [7, 11) is 0. The molecule has 4 rings (SSSR count). The Bertz CT molecular complexity index is 1080. The summed E-state index contributed by atoms with van der Waals surface area (Å²) in [5, 5.41) is 2.72. The molecule has 1 aromatic heterocycles. The van der Waals surface area contributed by atoms with Gasteiger partial charge in [-0.15, -0.1) is 0 Å². The third-order valence-electron chi connectivity index (χ3n) is 5.29. The highest BCUT2D eigenvalue weighted by atomic mass is 19.1. The number of nitrogens with one attached hydrogen (secondary N) is 2. The Morgan fingerprint density at radius 1 is 1.06 bits per heavy atom. The van der Waals surface area contributed by atoms with Gasteiger partial charge in [0.05, 0.1) is 23.0 Å². The van der Waals surface area contributed by atoms with Gasteiger partial charge in [-0.2, -0.15) is 0 Å². The van der Waals surface area contributed by atoms with Crippen molar-refractivity contribution in [2.45, 2.75) is 31.8 Å². The van der Waals surface area contributed by atoms with Crippen molar-refractivity contribution in [2.75, 3.05) is 16.5 Å². The molecule has 3 aromatic rings. The molecule has 1 saturated carbocycles. The molecular weight excluding hydrogens is 397 g/mol. The van der Waals surface area contributed by atoms with Crippen molar-refractivity contribution < 1.29 is 13.9 Å². The fraction of sp³-hybridized carbons (Fsp3) is 0.217. The Labute approximate surface area is 179 Å². The Morgan fingerprint density at radius 3 is 2.52 bits per heavy atom. The van der Waals surface area contributed by atoms with E-state index in [0.29, 0.717) is 28.5 Å². The van der Waals surface area contributed by atoms with Crippen molar-refractivity contribution in [2.24, 2.45) is 5.84 Å². The van der Waals surface area contributed by atoms with Crippen LogP contribution in [-0.4, -0.2) is 17.0 Å². The predicted molar refractivity (Wildman–Crippen MR) is 119 cm³/mol. The topological polar surface area (TPSA) is 115 Å². The van der Waals surface area contributed by atoms with Gasteiger partial charge in [-0.25, -0.2) is 15.2 Å². The monoisotopic (exact) mass is 421 g/mol. The van der Waals surface area contributed by atoms with Gasteiger partial charge in [0.25, 0.3) is 5.91 Å². The number of halogens is 1. The molecule has 8 heteroatoms. The Kier molecular flexibility index (Phi) is 5.99. The van der Waals surface area contributed by atoms with Gasteiger partial charge in [-0.1, -0.05) is 0 Å². The summed E-state index contributed by atoms with van der Waals surface area (Å²) in [6.07, 6.45) is 4.78. The summed E-state index contributed by atoms with van der Waals surface area (Å²) < 4.78 is 20.3. The van der Waals surface area contributed by atoms with Gasteiger partial charge < -0.3 is 21.2 Å². The first-order valence-corrected chi connectivity index (χ1v) is 10.1. The molecule has 1 amide bonds. The molecule has 1 fully saturated rings. The van der Waals surface area contributed by atoms with Crippen LogP contribution in [0.1, 0.15) is 36.0 Å². The first-order valence-electron chi connectivity index (χ1n) is 10.1. The van der Waals surface area contributed by atoms with Crippen LogP contribution in [0, 0.1) is 5.82 Å². The van der Waals surface area contributed by atoms with Crippen molar-refractivity contribution in [3.8, 4) is 17.0 Å². The summed E-state index contributed by atoms with van der Waals surface area (Å²) >= 11 is 0. The van der Waals surface area contributed by atoms with Gasteiger partial charge in [-0.05, 0) is 80.3 Å². The highest BCUT2D eigenvalue weighted by Gasteiger charge is 2.17. The van der Waals surface area contributed by atoms with E-state index in [9.17, 15) is 9.18 Å². The fourth-order valence-electron chi connectivity index (χ4n) is 3.62. The third kappa shape index (κ3) is 4.75. The van der Waals surface area contributed by atoms with Gasteiger partial charge in [0.1, 0.15) is 11.6 Å². The zero-order valence-corrected chi connectivity index (χ0v) is 16.9. The number of aromatic nitrogens is 1. The summed E-state index contributed by atoms with van der Waals surface area (Å²) in [6.45, 7) is 0. The first-order chi connectivity index (χ1) is 15.0. The fourth-order valence-corrected chi connectivity index (χ4v) is 3.62. The molecule has 0 spiro atoms. The molecular formula is C23H24FN5O2. The zero-order valence-electron chi connectivity index (χ0n) is 16.9. The molecule has 1 aliphatic carbocycles. The molecule has 0 atom stereocenters. The maximum Gasteiger partial charge on any atom is 0.258 e. The van der Waals surface area contributed by atoms with E-state index < -0.39 is 11.7 Å². The highest BCUT2D eigenvalue weighted by molar-refractivity contribution is 6.05. The van der Waals surface area contributed by atoms with Crippen LogP contribution < -0.4 is 27.1 Å². The van der Waals surface area contributed by atoms with Crippen molar-refractivity contribution >= 4 is 23.1 Å². The van der Waals surface area contributed by atoms with Crippen LogP contribution in [0.3, 0.4) is 0 Å². The zero-order chi connectivity index (χ0) is 21.8. The molecule has 0 unspecified atom stereocenters. The van der Waals surface area contributed by atoms with Crippen LogP contribution >= 0.6 is 0 Å². The molecule has 0 bridgehead atoms. The summed E-state index contributed by atoms with van der Waals surface area (Å²) in [4.78, 5) is 17.0. The number of rotatable bonds is 6. The van der Waals surface area contributed by atoms with Crippen LogP contribution in [-0.2, 0) is 0 Å². The first kappa shape index (κ1) is 20.6. The molecule has 1 aliphatic rings. The average molecular weight is 421 g/mol. The van der Waals surface area contributed by atoms with Crippen LogP contribution in [0.15, 0.2) is 54.6 Å². The number of nitrogens with zero attached hydrogens (tertiary/aromatic N) is 1. The SMILES string of the molecule is NNc1nc(-c2ccc(F)c(C(=O)Nc3ccc(OC4CCCC4)cc3)c2)ccc1N. The molecule has 0 saturated heterocycles. The van der Waals surface area contributed by atoms with Gasteiger partial charge in [0.15, 0.2) is 5.82 Å². The highest BCUT2D eigenvalue weighted by Crippen LogP contribution is 2.27. The average Bonchev–Trinajstić information content (AvgIpc) is 3.29. The number of hydrogen-bond acceptors (Lipinski definition) is 6. The van der Waals surface area contributed by atoms with E-state index in [1.54, 1.807) is 42.5 Å². The minimum atomic E-state index is -0.630. The molecule has 6 N–H and O–H groups in total. The van der Waals surface area contributed by atoms with E-state index >= 15 is 0 Å². The minimum absolute atomic E-state index is 0.0929. The van der Waals surface area contributed by atoms with Crippen molar-refractivity contribution in [3.63, 3.8) is 0 Å². The Morgan fingerprint density at radius 2 is 1.81 bits per heavy atom. The summed E-state index contributed by atoms with van der Waals surface area (Å²) in [5.74, 6) is 5.29. The second-order valence-electron chi connectivity index (χ2n) is 7.48. The number of hydrogen-bond donors (Lipinski definition) is 4. The van der Waals surface area contributed by atoms with Gasteiger partial charge in [0.2, 0.25) is 0 Å². The lowest BCUT2D eigenvalue weighted by atomic mass is 10.1. The molecule has 7 nitrogen and oxygen atoms in total. The molecule has 1 heterocycles. The number of pyridine rings is 1. The number of amides is 1. The number of anilines is 3. The standard InChI is InChI=1S/C23H24FN5O2/c24-19-10-5-14(21-12-11-20(25)22(28-21)29-26)13-18(19)23(30)27-15-6-8-17(9-7-15)31-16-3-1-2-4-16/h5-13,16H,1-4,25-26H2,(H,27,30)(H,28,29). The maximum absolute atomic E-state index is 14.4. The minimum Gasteiger partial charge on any atom is -0.490 e. The van der Waals surface area contributed by atoms with E-state index in [1.165, 1.54) is 25.0 Å². The van der Waals surface area contributed by atoms with Crippen LogP contribution in [0.4, 0.5) is 21.6 Å². The quantitative estimate of drug-likeness (QED) is 0.348. The Balaban J connectivity index is 1.50. The number of carbonyl (C=O) groups is 1. The molecule has 0 radical (unpaired) electrons. The molecule has 31 heavy (non-hydrogen) atoms. The number of nitrogens with two attached hydrogens (primary N) is 2. The number of nitrogen functional groups attached to an aromatic ring is 2. The van der Waals surface area contributed by atoms with Crippen molar-refractivity contribution in [1.82, 2.24) is 4.98 Å². The van der Waals surface area contributed by atoms with Crippen LogP contribution in [0.25, 0.3) is 11.3 Å². The lowest BCUT2D eigenvalue weighted by Crippen LogP contribution is -2.14. The molecule has 2 aromatic carbocycles. The normalized spacial score (nSPS) is 13.7. The maximum atomic E-state index is 14.4. The van der Waals surface area contributed by atoms with E-state index in [2.05, 4.69) is 15.7 Å². The lowest BCUT2D eigenvalue weighted by molar-refractivity contribution is 0.102. The predicted octanol–water partition coefficient (Wildman–Crippen LogP) is 4.33. The lowest BCUT2D eigenvalue weighted by Gasteiger charge is -2.13. The molecule has 0 aliphatic heterocycles. The number of carbonyl (C=O) groups excluding carboxylic acids is 1. The largest absolute Gasteiger partial charge is 0.490 e. The number of hydrazine groups is 1. The third-order valence-corrected chi connectivity index (χ3v) is 5.29. The second kappa shape index (κ2) is 9.01. The van der Waals surface area contributed by atoms with Crippen molar-refractivity contribution in [1.29, 1.82) is 0 Å². The second-order valence-corrected chi connectivity index (χ2v) is 7.48. The van der Waals surface area contributed by atoms with Crippen molar-refractivity contribution in [3.05, 3.63) is 66.0 Å². The van der Waals surface area contributed by atoms with Gasteiger partial charge in [0, 0.05) is 11.3 Å². The number of benzene rings is 2.